The van der Waals surface area contributed by atoms with Crippen LogP contribution in [0.3, 0.4) is 0 Å². The number of benzene rings is 2. The summed E-state index contributed by atoms with van der Waals surface area (Å²) in [5, 5.41) is 3.76. The second-order valence-electron chi connectivity index (χ2n) is 8.75. The number of carbonyl (C=O) groups is 2. The van der Waals surface area contributed by atoms with E-state index in [0.29, 0.717) is 34.3 Å². The highest BCUT2D eigenvalue weighted by molar-refractivity contribution is 7.92. The molecular weight excluding hydrogens is 521 g/mol. The molecule has 36 heavy (non-hydrogen) atoms. The Labute approximate surface area is 224 Å². The van der Waals surface area contributed by atoms with E-state index in [9.17, 15) is 18.0 Å². The van der Waals surface area contributed by atoms with Crippen LogP contribution in [-0.2, 0) is 26.2 Å². The number of hydrogen-bond donors (Lipinski definition) is 1. The minimum Gasteiger partial charge on any atom is -0.354 e. The smallest absolute Gasteiger partial charge is 0.242 e. The van der Waals surface area contributed by atoms with Crippen molar-refractivity contribution in [3.63, 3.8) is 0 Å². The molecule has 0 heterocycles. The van der Waals surface area contributed by atoms with Crippen molar-refractivity contribution >= 4 is 50.7 Å². The number of amides is 2. The number of hydrogen-bond acceptors (Lipinski definition) is 4. The fourth-order valence-electron chi connectivity index (χ4n) is 3.91. The summed E-state index contributed by atoms with van der Waals surface area (Å²) >= 11 is 12.4. The van der Waals surface area contributed by atoms with Crippen molar-refractivity contribution in [2.45, 2.75) is 59.0 Å². The van der Waals surface area contributed by atoms with E-state index in [-0.39, 0.29) is 37.7 Å². The fourth-order valence-corrected chi connectivity index (χ4v) is 5.33. The topological polar surface area (TPSA) is 86.8 Å². The first kappa shape index (κ1) is 29.9. The molecule has 2 aromatic carbocycles. The van der Waals surface area contributed by atoms with Gasteiger partial charge >= 0.3 is 0 Å². The molecule has 0 aliphatic carbocycles. The van der Waals surface area contributed by atoms with Gasteiger partial charge in [-0.1, -0.05) is 55.2 Å². The van der Waals surface area contributed by atoms with E-state index in [1.54, 1.807) is 36.4 Å². The van der Waals surface area contributed by atoms with Gasteiger partial charge in [0, 0.05) is 36.1 Å². The summed E-state index contributed by atoms with van der Waals surface area (Å²) < 4.78 is 26.2. The van der Waals surface area contributed by atoms with E-state index in [2.05, 4.69) is 5.32 Å². The molecule has 0 fully saturated rings. The van der Waals surface area contributed by atoms with E-state index in [4.69, 9.17) is 23.2 Å². The standard InChI is InChI=1S/C26H35Cl2N3O4S/c1-5-14-29-26(33)24(6-2)30(18-20-12-13-21(27)17-23(20)28)25(32)11-8-15-31(36(4,34)35)22-10-7-9-19(3)16-22/h7,9-10,12-13,16-17,24H,5-6,8,11,14-15,18H2,1-4H3,(H,29,33)/t24-/m1/s1. The third-order valence-electron chi connectivity index (χ3n) is 5.73. The third kappa shape index (κ3) is 8.68. The van der Waals surface area contributed by atoms with Gasteiger partial charge in [-0.25, -0.2) is 8.42 Å². The van der Waals surface area contributed by atoms with Crippen LogP contribution in [0.15, 0.2) is 42.5 Å². The van der Waals surface area contributed by atoms with Gasteiger partial charge in [0.1, 0.15) is 6.04 Å². The quantitative estimate of drug-likeness (QED) is 0.368. The monoisotopic (exact) mass is 555 g/mol. The molecule has 0 unspecified atom stereocenters. The average Bonchev–Trinajstić information content (AvgIpc) is 2.80. The fraction of sp³-hybridized carbons (Fsp3) is 0.462. The van der Waals surface area contributed by atoms with E-state index >= 15 is 0 Å². The highest BCUT2D eigenvalue weighted by atomic mass is 35.5. The number of anilines is 1. The van der Waals surface area contributed by atoms with Crippen molar-refractivity contribution in [2.24, 2.45) is 0 Å². The molecule has 0 bridgehead atoms. The summed E-state index contributed by atoms with van der Waals surface area (Å²) in [7, 11) is -3.54. The molecule has 2 aromatic rings. The van der Waals surface area contributed by atoms with Gasteiger partial charge in [-0.05, 0) is 61.6 Å². The van der Waals surface area contributed by atoms with Crippen LogP contribution in [0.4, 0.5) is 5.69 Å². The summed E-state index contributed by atoms with van der Waals surface area (Å²) in [5.41, 5.74) is 2.17. The van der Waals surface area contributed by atoms with Gasteiger partial charge in [-0.2, -0.15) is 0 Å². The van der Waals surface area contributed by atoms with Gasteiger partial charge in [0.05, 0.1) is 11.9 Å². The molecule has 0 aliphatic heterocycles. The Morgan fingerprint density at radius 1 is 1.08 bits per heavy atom. The van der Waals surface area contributed by atoms with Crippen molar-refractivity contribution < 1.29 is 18.0 Å². The highest BCUT2D eigenvalue weighted by Gasteiger charge is 2.29. The lowest BCUT2D eigenvalue weighted by Crippen LogP contribution is -2.49. The maximum atomic E-state index is 13.4. The molecule has 7 nitrogen and oxygen atoms in total. The van der Waals surface area contributed by atoms with E-state index < -0.39 is 16.1 Å². The van der Waals surface area contributed by atoms with Gasteiger partial charge in [-0.3, -0.25) is 13.9 Å². The van der Waals surface area contributed by atoms with Gasteiger partial charge in [0.15, 0.2) is 0 Å². The van der Waals surface area contributed by atoms with Crippen molar-refractivity contribution in [2.75, 3.05) is 23.7 Å². The van der Waals surface area contributed by atoms with Gasteiger partial charge in [0.2, 0.25) is 21.8 Å². The number of nitrogens with zero attached hydrogens (tertiary/aromatic N) is 2. The summed E-state index contributed by atoms with van der Waals surface area (Å²) in [5.74, 6) is -0.479. The Kier molecular flexibility index (Phi) is 11.5. The molecule has 2 rings (SSSR count). The molecule has 0 saturated carbocycles. The van der Waals surface area contributed by atoms with E-state index in [0.717, 1.165) is 18.2 Å². The predicted molar refractivity (Wildman–Crippen MR) is 147 cm³/mol. The molecule has 0 aliphatic rings. The van der Waals surface area contributed by atoms with Crippen molar-refractivity contribution in [1.82, 2.24) is 10.2 Å². The van der Waals surface area contributed by atoms with Crippen LogP contribution in [-0.4, -0.2) is 50.5 Å². The van der Waals surface area contributed by atoms with Gasteiger partial charge in [-0.15, -0.1) is 0 Å². The minimum absolute atomic E-state index is 0.0700. The zero-order valence-corrected chi connectivity index (χ0v) is 23.6. The van der Waals surface area contributed by atoms with Crippen molar-refractivity contribution in [1.29, 1.82) is 0 Å². The van der Waals surface area contributed by atoms with Crippen LogP contribution in [0, 0.1) is 6.92 Å². The van der Waals surface area contributed by atoms with Gasteiger partial charge < -0.3 is 10.2 Å². The van der Waals surface area contributed by atoms with Crippen molar-refractivity contribution in [3.8, 4) is 0 Å². The largest absolute Gasteiger partial charge is 0.354 e. The molecule has 10 heteroatoms. The maximum Gasteiger partial charge on any atom is 0.242 e. The Bertz CT molecular complexity index is 1160. The summed E-state index contributed by atoms with van der Waals surface area (Å²) in [6.07, 6.45) is 2.71. The SMILES string of the molecule is CCCNC(=O)[C@@H](CC)N(Cc1ccc(Cl)cc1Cl)C(=O)CCCN(c1cccc(C)c1)S(C)(=O)=O. The van der Waals surface area contributed by atoms with Crippen LogP contribution in [0.1, 0.15) is 50.7 Å². The second-order valence-corrected chi connectivity index (χ2v) is 11.5. The summed E-state index contributed by atoms with van der Waals surface area (Å²) in [6.45, 7) is 6.49. The average molecular weight is 557 g/mol. The lowest BCUT2D eigenvalue weighted by Gasteiger charge is -2.31. The van der Waals surface area contributed by atoms with Crippen LogP contribution >= 0.6 is 23.2 Å². The minimum atomic E-state index is -3.54. The Balaban J connectivity index is 2.24. The second kappa shape index (κ2) is 13.9. The molecule has 0 saturated heterocycles. The molecule has 0 radical (unpaired) electrons. The molecular formula is C26H35Cl2N3O4S. The molecule has 198 valence electrons. The molecule has 0 aromatic heterocycles. The number of aryl methyl sites for hydroxylation is 1. The molecule has 0 spiro atoms. The first-order valence-electron chi connectivity index (χ1n) is 12.0. The van der Waals surface area contributed by atoms with Crippen molar-refractivity contribution in [3.05, 3.63) is 63.6 Å². The first-order valence-corrected chi connectivity index (χ1v) is 14.6. The lowest BCUT2D eigenvalue weighted by atomic mass is 10.1. The zero-order chi connectivity index (χ0) is 26.9. The molecule has 1 N–H and O–H groups in total. The van der Waals surface area contributed by atoms with Crippen LogP contribution in [0.5, 0.6) is 0 Å². The molecule has 2 amide bonds. The lowest BCUT2D eigenvalue weighted by molar-refractivity contribution is -0.141. The maximum absolute atomic E-state index is 13.4. The number of rotatable bonds is 13. The van der Waals surface area contributed by atoms with Gasteiger partial charge in [0.25, 0.3) is 0 Å². The van der Waals surface area contributed by atoms with Crippen LogP contribution < -0.4 is 9.62 Å². The van der Waals surface area contributed by atoms with Crippen LogP contribution in [0.2, 0.25) is 10.0 Å². The predicted octanol–water partition coefficient (Wildman–Crippen LogP) is 5.18. The van der Waals surface area contributed by atoms with E-state index in [1.807, 2.05) is 26.8 Å². The van der Waals surface area contributed by atoms with Crippen LogP contribution in [0.25, 0.3) is 0 Å². The molecule has 1 atom stereocenters. The van der Waals surface area contributed by atoms with E-state index in [1.165, 1.54) is 9.21 Å². The Morgan fingerprint density at radius 2 is 1.81 bits per heavy atom. The Morgan fingerprint density at radius 3 is 2.39 bits per heavy atom. The number of carbonyl (C=O) groups excluding carboxylic acids is 2. The summed E-state index contributed by atoms with van der Waals surface area (Å²) in [4.78, 5) is 27.9. The Hall–Kier alpha value is -2.29. The summed E-state index contributed by atoms with van der Waals surface area (Å²) in [6, 6.07) is 11.6. The first-order chi connectivity index (χ1) is 17.0. The number of sulfonamides is 1. The number of nitrogens with one attached hydrogen (secondary N) is 1. The highest BCUT2D eigenvalue weighted by Crippen LogP contribution is 2.25. The number of halogens is 2. The third-order valence-corrected chi connectivity index (χ3v) is 7.51. The zero-order valence-electron chi connectivity index (χ0n) is 21.3. The normalized spacial score (nSPS) is 12.2.